The monoisotopic (exact) mass is 364 g/mol. The summed E-state index contributed by atoms with van der Waals surface area (Å²) in [6.45, 7) is 0.102. The van der Waals surface area contributed by atoms with Crippen LogP contribution in [0.4, 0.5) is 19.3 Å². The lowest BCUT2D eigenvalue weighted by molar-refractivity contribution is -0.154. The van der Waals surface area contributed by atoms with E-state index in [9.17, 15) is 18.4 Å². The molecule has 2 amide bonds. The number of benzene rings is 1. The van der Waals surface area contributed by atoms with Gasteiger partial charge in [0.25, 0.3) is 0 Å². The van der Waals surface area contributed by atoms with Crippen LogP contribution in [0.15, 0.2) is 16.6 Å². The minimum atomic E-state index is -1.18. The number of carboxylic acids is 1. The fraction of sp³-hybridized carbons (Fsp3) is 0.333. The van der Waals surface area contributed by atoms with Gasteiger partial charge < -0.3 is 20.1 Å². The van der Waals surface area contributed by atoms with Gasteiger partial charge in [0, 0.05) is 12.6 Å². The van der Waals surface area contributed by atoms with Crippen molar-refractivity contribution in [2.24, 2.45) is 0 Å². The molecule has 1 fully saturated rings. The summed E-state index contributed by atoms with van der Waals surface area (Å²) in [5, 5.41) is 11.1. The Bertz CT molecular complexity index is 585. The molecule has 0 spiro atoms. The van der Waals surface area contributed by atoms with E-state index in [2.05, 4.69) is 21.2 Å². The molecule has 6 nitrogen and oxygen atoms in total. The fourth-order valence-corrected chi connectivity index (χ4v) is 2.14. The molecule has 0 aliphatic carbocycles. The zero-order valence-electron chi connectivity index (χ0n) is 10.6. The first kappa shape index (κ1) is 15.6. The number of ether oxygens (including phenoxy) is 1. The molecule has 1 heterocycles. The van der Waals surface area contributed by atoms with Crippen molar-refractivity contribution < 1.29 is 28.2 Å². The van der Waals surface area contributed by atoms with Crippen molar-refractivity contribution in [1.29, 1.82) is 0 Å². The summed E-state index contributed by atoms with van der Waals surface area (Å²) >= 11 is 2.89. The lowest BCUT2D eigenvalue weighted by atomic mass is 10.2. The lowest BCUT2D eigenvalue weighted by Gasteiger charge is -2.30. The van der Waals surface area contributed by atoms with Crippen LogP contribution in [0.25, 0.3) is 0 Å². The number of rotatable bonds is 2. The van der Waals surface area contributed by atoms with Crippen LogP contribution in [0, 0.1) is 11.6 Å². The van der Waals surface area contributed by atoms with Gasteiger partial charge in [0.15, 0.2) is 6.10 Å². The van der Waals surface area contributed by atoms with Gasteiger partial charge in [0.2, 0.25) is 0 Å². The second-order valence-corrected chi connectivity index (χ2v) is 5.17. The molecule has 1 unspecified atom stereocenters. The Kier molecular flexibility index (Phi) is 4.73. The van der Waals surface area contributed by atoms with E-state index in [1.807, 2.05) is 0 Å². The summed E-state index contributed by atoms with van der Waals surface area (Å²) in [7, 11) is 0. The maximum absolute atomic E-state index is 13.6. The third-order valence-corrected chi connectivity index (χ3v) is 3.49. The molecular weight excluding hydrogens is 354 g/mol. The van der Waals surface area contributed by atoms with Crippen molar-refractivity contribution in [3.8, 4) is 0 Å². The molecule has 2 N–H and O–H groups in total. The van der Waals surface area contributed by atoms with Gasteiger partial charge in [0.1, 0.15) is 11.6 Å². The number of anilines is 1. The van der Waals surface area contributed by atoms with E-state index in [1.165, 1.54) is 4.90 Å². The average molecular weight is 365 g/mol. The van der Waals surface area contributed by atoms with Crippen LogP contribution in [0.3, 0.4) is 0 Å². The topological polar surface area (TPSA) is 78.9 Å². The van der Waals surface area contributed by atoms with Crippen molar-refractivity contribution >= 4 is 33.6 Å². The molecule has 1 aromatic rings. The van der Waals surface area contributed by atoms with Crippen LogP contribution in [-0.2, 0) is 9.53 Å². The summed E-state index contributed by atoms with van der Waals surface area (Å²) < 4.78 is 31.6. The highest BCUT2D eigenvalue weighted by Crippen LogP contribution is 2.24. The predicted molar refractivity (Wildman–Crippen MR) is 72.0 cm³/mol. The van der Waals surface area contributed by atoms with E-state index in [0.29, 0.717) is 6.07 Å². The van der Waals surface area contributed by atoms with Crippen LogP contribution >= 0.6 is 15.9 Å². The van der Waals surface area contributed by atoms with Gasteiger partial charge >= 0.3 is 12.0 Å². The molecule has 0 aromatic heterocycles. The normalized spacial score (nSPS) is 18.4. The van der Waals surface area contributed by atoms with Gasteiger partial charge in [0.05, 0.1) is 23.3 Å². The maximum atomic E-state index is 13.6. The zero-order valence-corrected chi connectivity index (χ0v) is 12.2. The van der Waals surface area contributed by atoms with Crippen molar-refractivity contribution in [3.63, 3.8) is 0 Å². The standard InChI is InChI=1S/C12H11BrF2N2O4/c13-6-3-9(8(15)4-7(6)14)16-12(20)17-1-2-21-10(5-17)11(18)19/h3-4,10H,1-2,5H2,(H,16,20)(H,18,19). The first-order valence-electron chi connectivity index (χ1n) is 5.93. The number of carbonyl (C=O) groups is 2. The number of hydrogen-bond donors (Lipinski definition) is 2. The van der Waals surface area contributed by atoms with E-state index >= 15 is 0 Å². The summed E-state index contributed by atoms with van der Waals surface area (Å²) in [6, 6.07) is 1.05. The quantitative estimate of drug-likeness (QED) is 0.787. The number of carbonyl (C=O) groups excluding carboxylic acids is 1. The van der Waals surface area contributed by atoms with E-state index < -0.39 is 29.7 Å². The number of nitrogens with zero attached hydrogens (tertiary/aromatic N) is 1. The third-order valence-electron chi connectivity index (χ3n) is 2.88. The second-order valence-electron chi connectivity index (χ2n) is 4.32. The summed E-state index contributed by atoms with van der Waals surface area (Å²) in [4.78, 5) is 24.0. The Morgan fingerprint density at radius 1 is 1.38 bits per heavy atom. The number of aliphatic carboxylic acids is 1. The Hall–Kier alpha value is -1.74. The highest BCUT2D eigenvalue weighted by molar-refractivity contribution is 9.10. The average Bonchev–Trinajstić information content (AvgIpc) is 2.44. The van der Waals surface area contributed by atoms with Crippen molar-refractivity contribution in [2.45, 2.75) is 6.10 Å². The molecular formula is C12H11BrF2N2O4. The van der Waals surface area contributed by atoms with Crippen LogP contribution < -0.4 is 5.32 Å². The zero-order chi connectivity index (χ0) is 15.6. The number of amides is 2. The Morgan fingerprint density at radius 2 is 2.10 bits per heavy atom. The van der Waals surface area contributed by atoms with Crippen molar-refractivity contribution in [2.75, 3.05) is 25.0 Å². The first-order chi connectivity index (χ1) is 9.88. The van der Waals surface area contributed by atoms with Gasteiger partial charge in [-0.1, -0.05) is 0 Å². The third kappa shape index (κ3) is 3.67. The summed E-state index contributed by atoms with van der Waals surface area (Å²) in [5.41, 5.74) is -0.202. The Morgan fingerprint density at radius 3 is 2.76 bits per heavy atom. The molecule has 1 aliphatic heterocycles. The van der Waals surface area contributed by atoms with E-state index in [1.54, 1.807) is 0 Å². The maximum Gasteiger partial charge on any atom is 0.334 e. The minimum absolute atomic E-state index is 0.00425. The van der Waals surface area contributed by atoms with Gasteiger partial charge in [-0.05, 0) is 22.0 Å². The minimum Gasteiger partial charge on any atom is -0.479 e. The smallest absolute Gasteiger partial charge is 0.334 e. The molecule has 0 radical (unpaired) electrons. The van der Waals surface area contributed by atoms with Gasteiger partial charge in [-0.2, -0.15) is 0 Å². The number of urea groups is 1. The first-order valence-corrected chi connectivity index (χ1v) is 6.72. The molecule has 0 bridgehead atoms. The van der Waals surface area contributed by atoms with Gasteiger partial charge in [-0.3, -0.25) is 0 Å². The number of hydrogen-bond acceptors (Lipinski definition) is 3. The highest BCUT2D eigenvalue weighted by atomic mass is 79.9. The molecule has 9 heteroatoms. The molecule has 2 rings (SSSR count). The number of morpholine rings is 1. The molecule has 1 aromatic carbocycles. The van der Waals surface area contributed by atoms with E-state index in [0.717, 1.165) is 6.07 Å². The van der Waals surface area contributed by atoms with Crippen LogP contribution in [0.2, 0.25) is 0 Å². The number of halogens is 3. The molecule has 1 saturated heterocycles. The lowest BCUT2D eigenvalue weighted by Crippen LogP contribution is -2.50. The van der Waals surface area contributed by atoms with E-state index in [-0.39, 0.29) is 29.9 Å². The highest BCUT2D eigenvalue weighted by Gasteiger charge is 2.29. The molecule has 1 atom stereocenters. The van der Waals surface area contributed by atoms with Crippen LogP contribution in [0.1, 0.15) is 0 Å². The van der Waals surface area contributed by atoms with Crippen LogP contribution in [0.5, 0.6) is 0 Å². The molecule has 114 valence electrons. The summed E-state index contributed by atoms with van der Waals surface area (Å²) in [5.74, 6) is -2.89. The number of nitrogens with one attached hydrogen (secondary N) is 1. The number of carboxylic acid groups (broad SMARTS) is 1. The SMILES string of the molecule is O=C(O)C1CN(C(=O)Nc2cc(Br)c(F)cc2F)CCO1. The van der Waals surface area contributed by atoms with Gasteiger partial charge in [-0.15, -0.1) is 0 Å². The largest absolute Gasteiger partial charge is 0.479 e. The Balaban J connectivity index is 2.07. The molecule has 1 aliphatic rings. The summed E-state index contributed by atoms with van der Waals surface area (Å²) in [6.07, 6.45) is -1.12. The van der Waals surface area contributed by atoms with E-state index in [4.69, 9.17) is 9.84 Å². The molecule has 0 saturated carbocycles. The predicted octanol–water partition coefficient (Wildman–Crippen LogP) is 2.04. The fourth-order valence-electron chi connectivity index (χ4n) is 1.80. The van der Waals surface area contributed by atoms with Crippen molar-refractivity contribution in [1.82, 2.24) is 4.90 Å². The van der Waals surface area contributed by atoms with Gasteiger partial charge in [-0.25, -0.2) is 18.4 Å². The Labute approximate surface area is 126 Å². The van der Waals surface area contributed by atoms with Crippen molar-refractivity contribution in [3.05, 3.63) is 28.2 Å². The molecule has 21 heavy (non-hydrogen) atoms. The second kappa shape index (κ2) is 6.35. The van der Waals surface area contributed by atoms with Crippen LogP contribution in [-0.4, -0.2) is 47.8 Å².